The smallest absolute Gasteiger partial charge is 0.252 e. The topological polar surface area (TPSA) is 45.8 Å². The standard InChI is InChI=1S/C23H35ClN2O.ClH/c1-2-3-4-5-6-7-8-9-10-11-12-13-14-15-22-25-20-17-16-19(23(24)27)18-21(20)26-22;/h16-18H,2-15H2,1H3,(H,25,26);1H. The first-order valence-electron chi connectivity index (χ1n) is 10.9. The minimum Gasteiger partial charge on any atom is -0.342 e. The summed E-state index contributed by atoms with van der Waals surface area (Å²) in [7, 11) is 0. The molecule has 0 saturated carbocycles. The van der Waals surface area contributed by atoms with Crippen LogP contribution in [0, 0.1) is 0 Å². The Hall–Kier alpha value is -1.06. The molecule has 0 saturated heterocycles. The molecular weight excluding hydrogens is 391 g/mol. The summed E-state index contributed by atoms with van der Waals surface area (Å²) in [6.45, 7) is 2.28. The SMILES string of the molecule is CCCCCCCCCCCCCCCc1nc2ccc(C(=O)Cl)cc2[nH]1.Cl. The van der Waals surface area contributed by atoms with Crippen LogP contribution in [0.15, 0.2) is 18.2 Å². The number of aromatic amines is 1. The van der Waals surface area contributed by atoms with Gasteiger partial charge < -0.3 is 4.98 Å². The highest BCUT2D eigenvalue weighted by molar-refractivity contribution is 6.67. The number of carbonyl (C=O) groups excluding carboxylic acids is 1. The molecule has 0 fully saturated rings. The normalized spacial score (nSPS) is 10.9. The van der Waals surface area contributed by atoms with Gasteiger partial charge in [0.05, 0.1) is 11.0 Å². The van der Waals surface area contributed by atoms with E-state index in [4.69, 9.17) is 11.6 Å². The number of fused-ring (bicyclic) bond motifs is 1. The van der Waals surface area contributed by atoms with Crippen molar-refractivity contribution in [3.8, 4) is 0 Å². The lowest BCUT2D eigenvalue weighted by Gasteiger charge is -2.02. The van der Waals surface area contributed by atoms with E-state index in [9.17, 15) is 4.79 Å². The van der Waals surface area contributed by atoms with Gasteiger partial charge >= 0.3 is 0 Å². The second kappa shape index (κ2) is 14.9. The minimum absolute atomic E-state index is 0. The Bertz CT molecular complexity index is 684. The number of imidazole rings is 1. The molecule has 1 heterocycles. The third kappa shape index (κ3) is 9.43. The number of aromatic nitrogens is 2. The zero-order valence-corrected chi connectivity index (χ0v) is 18.8. The average Bonchev–Trinajstić information content (AvgIpc) is 3.07. The Labute approximate surface area is 181 Å². The van der Waals surface area contributed by atoms with Crippen LogP contribution < -0.4 is 0 Å². The number of nitrogens with zero attached hydrogens (tertiary/aromatic N) is 1. The van der Waals surface area contributed by atoms with E-state index in [0.717, 1.165) is 23.3 Å². The fourth-order valence-corrected chi connectivity index (χ4v) is 3.73. The van der Waals surface area contributed by atoms with Gasteiger partial charge in [0.25, 0.3) is 5.24 Å². The van der Waals surface area contributed by atoms with Gasteiger partial charge in [0.1, 0.15) is 5.82 Å². The van der Waals surface area contributed by atoms with Gasteiger partial charge in [0.2, 0.25) is 0 Å². The van der Waals surface area contributed by atoms with Crippen molar-refractivity contribution < 1.29 is 4.79 Å². The lowest BCUT2D eigenvalue weighted by molar-refractivity contribution is 0.108. The Morgan fingerprint density at radius 2 is 1.43 bits per heavy atom. The molecule has 2 rings (SSSR count). The van der Waals surface area contributed by atoms with Gasteiger partial charge in [-0.1, -0.05) is 84.0 Å². The number of nitrogens with one attached hydrogen (secondary N) is 1. The summed E-state index contributed by atoms with van der Waals surface area (Å²) < 4.78 is 0. The highest BCUT2D eigenvalue weighted by Gasteiger charge is 2.07. The monoisotopic (exact) mass is 426 g/mol. The zero-order chi connectivity index (χ0) is 19.3. The first-order chi connectivity index (χ1) is 13.2. The first-order valence-corrected chi connectivity index (χ1v) is 11.3. The Morgan fingerprint density at radius 1 is 0.893 bits per heavy atom. The number of hydrogen-bond acceptors (Lipinski definition) is 2. The van der Waals surface area contributed by atoms with E-state index in [1.165, 1.54) is 83.5 Å². The van der Waals surface area contributed by atoms with E-state index in [1.54, 1.807) is 12.1 Å². The van der Waals surface area contributed by atoms with Gasteiger partial charge in [-0.2, -0.15) is 0 Å². The third-order valence-corrected chi connectivity index (χ3v) is 5.49. The lowest BCUT2D eigenvalue weighted by atomic mass is 10.0. The molecular formula is C23H36Cl2N2O. The zero-order valence-electron chi connectivity index (χ0n) is 17.3. The van der Waals surface area contributed by atoms with Gasteiger partial charge in [0, 0.05) is 12.0 Å². The molecule has 3 nitrogen and oxygen atoms in total. The molecule has 0 aliphatic rings. The number of benzene rings is 1. The van der Waals surface area contributed by atoms with Crippen LogP contribution >= 0.6 is 24.0 Å². The van der Waals surface area contributed by atoms with Gasteiger partial charge in [-0.3, -0.25) is 4.79 Å². The summed E-state index contributed by atoms with van der Waals surface area (Å²) in [5.41, 5.74) is 2.31. The van der Waals surface area contributed by atoms with Crippen LogP contribution in [0.5, 0.6) is 0 Å². The Kier molecular flexibility index (Phi) is 13.3. The molecule has 0 unspecified atom stereocenters. The Morgan fingerprint density at radius 3 is 1.96 bits per heavy atom. The van der Waals surface area contributed by atoms with Gasteiger partial charge in [-0.05, 0) is 36.2 Å². The third-order valence-electron chi connectivity index (χ3n) is 5.28. The van der Waals surface area contributed by atoms with E-state index < -0.39 is 5.24 Å². The highest BCUT2D eigenvalue weighted by atomic mass is 35.5. The lowest BCUT2D eigenvalue weighted by Crippen LogP contribution is -1.89. The molecule has 0 amide bonds. The number of unbranched alkanes of at least 4 members (excludes halogenated alkanes) is 12. The molecule has 0 aliphatic carbocycles. The van der Waals surface area contributed by atoms with Gasteiger partial charge in [0.15, 0.2) is 0 Å². The second-order valence-corrected chi connectivity index (χ2v) is 8.03. The average molecular weight is 427 g/mol. The van der Waals surface area contributed by atoms with Crippen molar-refractivity contribution in [2.24, 2.45) is 0 Å². The molecule has 1 N–H and O–H groups in total. The second-order valence-electron chi connectivity index (χ2n) is 7.68. The Balaban J connectivity index is 0.00000392. The fourth-order valence-electron chi connectivity index (χ4n) is 3.61. The predicted octanol–water partition coefficient (Wildman–Crippen LogP) is 8.00. The molecule has 0 aliphatic heterocycles. The summed E-state index contributed by atoms with van der Waals surface area (Å²) in [4.78, 5) is 19.1. The van der Waals surface area contributed by atoms with E-state index >= 15 is 0 Å². The van der Waals surface area contributed by atoms with Gasteiger partial charge in [-0.25, -0.2) is 4.98 Å². The van der Waals surface area contributed by atoms with Crippen molar-refractivity contribution in [3.63, 3.8) is 0 Å². The molecule has 28 heavy (non-hydrogen) atoms. The summed E-state index contributed by atoms with van der Waals surface area (Å²) in [5.74, 6) is 1.01. The van der Waals surface area contributed by atoms with E-state index in [1.807, 2.05) is 6.07 Å². The van der Waals surface area contributed by atoms with E-state index in [2.05, 4.69) is 16.9 Å². The summed E-state index contributed by atoms with van der Waals surface area (Å²) in [6.07, 6.45) is 18.7. The van der Waals surface area contributed by atoms with Crippen LogP contribution in [0.1, 0.15) is 107 Å². The molecule has 0 atom stereocenters. The van der Waals surface area contributed by atoms with Crippen LogP contribution in [-0.4, -0.2) is 15.2 Å². The van der Waals surface area contributed by atoms with Crippen LogP contribution in [0.4, 0.5) is 0 Å². The summed E-state index contributed by atoms with van der Waals surface area (Å²) in [6, 6.07) is 5.37. The maximum absolute atomic E-state index is 11.2. The van der Waals surface area contributed by atoms with Crippen molar-refractivity contribution in [2.75, 3.05) is 0 Å². The van der Waals surface area contributed by atoms with Crippen LogP contribution in [-0.2, 0) is 6.42 Å². The van der Waals surface area contributed by atoms with Gasteiger partial charge in [-0.15, -0.1) is 12.4 Å². The largest absolute Gasteiger partial charge is 0.342 e. The van der Waals surface area contributed by atoms with Crippen molar-refractivity contribution in [3.05, 3.63) is 29.6 Å². The fraction of sp³-hybridized carbons (Fsp3) is 0.652. The molecule has 2 aromatic rings. The number of halogens is 2. The van der Waals surface area contributed by atoms with Crippen molar-refractivity contribution in [1.29, 1.82) is 0 Å². The van der Waals surface area contributed by atoms with E-state index in [0.29, 0.717) is 5.56 Å². The molecule has 0 spiro atoms. The van der Waals surface area contributed by atoms with Crippen molar-refractivity contribution in [1.82, 2.24) is 9.97 Å². The van der Waals surface area contributed by atoms with Crippen molar-refractivity contribution >= 4 is 40.3 Å². The summed E-state index contributed by atoms with van der Waals surface area (Å²) in [5, 5.41) is -0.426. The first kappa shape index (κ1) is 25.0. The number of hydrogen-bond donors (Lipinski definition) is 1. The van der Waals surface area contributed by atoms with E-state index in [-0.39, 0.29) is 12.4 Å². The number of carbonyl (C=O) groups is 1. The molecule has 158 valence electrons. The number of H-pyrrole nitrogens is 1. The predicted molar refractivity (Wildman–Crippen MR) is 123 cm³/mol. The van der Waals surface area contributed by atoms with Crippen LogP contribution in [0.2, 0.25) is 0 Å². The molecule has 0 radical (unpaired) electrons. The number of rotatable bonds is 15. The maximum atomic E-state index is 11.2. The number of aryl methyl sites for hydroxylation is 1. The van der Waals surface area contributed by atoms with Crippen LogP contribution in [0.25, 0.3) is 11.0 Å². The summed E-state index contributed by atoms with van der Waals surface area (Å²) >= 11 is 5.53. The van der Waals surface area contributed by atoms with Crippen molar-refractivity contribution in [2.45, 2.75) is 96.8 Å². The quantitative estimate of drug-likeness (QED) is 0.231. The minimum atomic E-state index is -0.426. The maximum Gasteiger partial charge on any atom is 0.252 e. The molecule has 1 aromatic carbocycles. The molecule has 1 aromatic heterocycles. The molecule has 5 heteroatoms. The molecule has 0 bridgehead atoms. The highest BCUT2D eigenvalue weighted by Crippen LogP contribution is 2.17. The van der Waals surface area contributed by atoms with Crippen LogP contribution in [0.3, 0.4) is 0 Å².